The lowest BCUT2D eigenvalue weighted by atomic mass is 10.0. The van der Waals surface area contributed by atoms with Gasteiger partial charge in [0.2, 0.25) is 10.0 Å². The molecule has 24 heavy (non-hydrogen) atoms. The van der Waals surface area contributed by atoms with Crippen molar-refractivity contribution in [3.63, 3.8) is 0 Å². The van der Waals surface area contributed by atoms with E-state index < -0.39 is 10.0 Å². The molecule has 0 radical (unpaired) electrons. The van der Waals surface area contributed by atoms with Gasteiger partial charge in [-0.1, -0.05) is 24.3 Å². The van der Waals surface area contributed by atoms with Crippen LogP contribution in [0.2, 0.25) is 0 Å². The molecule has 0 saturated carbocycles. The van der Waals surface area contributed by atoms with E-state index in [0.29, 0.717) is 16.8 Å². The van der Waals surface area contributed by atoms with Gasteiger partial charge in [0, 0.05) is 5.56 Å². The molecule has 2 aromatic rings. The molecule has 5 nitrogen and oxygen atoms in total. The van der Waals surface area contributed by atoms with Crippen molar-refractivity contribution >= 4 is 21.6 Å². The molecule has 2 aromatic carbocycles. The van der Waals surface area contributed by atoms with Crippen molar-refractivity contribution in [1.82, 2.24) is 5.32 Å². The summed E-state index contributed by atoms with van der Waals surface area (Å²) in [5.41, 5.74) is 3.93. The van der Waals surface area contributed by atoms with Crippen LogP contribution in [0.1, 0.15) is 40.0 Å². The number of amides is 1. The van der Waals surface area contributed by atoms with Crippen molar-refractivity contribution in [2.24, 2.45) is 0 Å². The number of aryl methyl sites for hydroxylation is 2. The number of benzene rings is 2. The summed E-state index contributed by atoms with van der Waals surface area (Å²) in [5, 5.41) is 2.91. The lowest BCUT2D eigenvalue weighted by molar-refractivity contribution is 0.0940. The normalized spacial score (nSPS) is 12.5. The molecule has 2 rings (SSSR count). The highest BCUT2D eigenvalue weighted by Gasteiger charge is 2.16. The minimum Gasteiger partial charge on any atom is -0.345 e. The fourth-order valence-electron chi connectivity index (χ4n) is 2.41. The lowest BCUT2D eigenvalue weighted by Crippen LogP contribution is -2.27. The number of hydrogen-bond acceptors (Lipinski definition) is 3. The standard InChI is InChI=1S/C18H22N2O3S/c1-12-9-10-15(11-13(12)2)18(21)19-14(3)16-7-5-6-8-17(16)20-24(4,22)23/h5-11,14,20H,1-4H3,(H,19,21). The zero-order chi connectivity index (χ0) is 17.9. The highest BCUT2D eigenvalue weighted by Crippen LogP contribution is 2.23. The fraction of sp³-hybridized carbons (Fsp3) is 0.278. The highest BCUT2D eigenvalue weighted by atomic mass is 32.2. The summed E-state index contributed by atoms with van der Waals surface area (Å²) < 4.78 is 25.5. The number of rotatable bonds is 5. The topological polar surface area (TPSA) is 75.3 Å². The van der Waals surface area contributed by atoms with Crippen molar-refractivity contribution < 1.29 is 13.2 Å². The second kappa shape index (κ2) is 7.05. The van der Waals surface area contributed by atoms with Gasteiger partial charge >= 0.3 is 0 Å². The minimum absolute atomic E-state index is 0.195. The third kappa shape index (κ3) is 4.58. The first-order valence-corrected chi connectivity index (χ1v) is 9.51. The monoisotopic (exact) mass is 346 g/mol. The summed E-state index contributed by atoms with van der Waals surface area (Å²) in [6.07, 6.45) is 1.10. The zero-order valence-electron chi connectivity index (χ0n) is 14.3. The fourth-order valence-corrected chi connectivity index (χ4v) is 2.99. The number of anilines is 1. The van der Waals surface area contributed by atoms with Gasteiger partial charge < -0.3 is 5.32 Å². The molecule has 6 heteroatoms. The van der Waals surface area contributed by atoms with E-state index >= 15 is 0 Å². The molecule has 0 aliphatic rings. The Morgan fingerprint density at radius 3 is 2.33 bits per heavy atom. The molecular formula is C18H22N2O3S. The maximum atomic E-state index is 12.4. The first kappa shape index (κ1) is 18.0. The number of carbonyl (C=O) groups is 1. The van der Waals surface area contributed by atoms with Crippen molar-refractivity contribution in [3.05, 3.63) is 64.7 Å². The van der Waals surface area contributed by atoms with E-state index in [9.17, 15) is 13.2 Å². The first-order valence-electron chi connectivity index (χ1n) is 7.62. The third-order valence-corrected chi connectivity index (χ3v) is 4.43. The van der Waals surface area contributed by atoms with E-state index in [-0.39, 0.29) is 11.9 Å². The highest BCUT2D eigenvalue weighted by molar-refractivity contribution is 7.92. The van der Waals surface area contributed by atoms with Gasteiger partial charge in [-0.05, 0) is 55.7 Å². The van der Waals surface area contributed by atoms with E-state index in [1.54, 1.807) is 24.3 Å². The Labute approximate surface area is 143 Å². The average molecular weight is 346 g/mol. The van der Waals surface area contributed by atoms with Gasteiger partial charge in [-0.15, -0.1) is 0 Å². The maximum Gasteiger partial charge on any atom is 0.251 e. The van der Waals surface area contributed by atoms with E-state index in [2.05, 4.69) is 10.0 Å². The Bertz CT molecular complexity index is 860. The molecule has 0 saturated heterocycles. The molecule has 2 N–H and O–H groups in total. The quantitative estimate of drug-likeness (QED) is 0.873. The summed E-state index contributed by atoms with van der Waals surface area (Å²) in [6.45, 7) is 5.77. The second-order valence-corrected chi connectivity index (χ2v) is 7.70. The number of hydrogen-bond donors (Lipinski definition) is 2. The Kier molecular flexibility index (Phi) is 5.29. The third-order valence-electron chi connectivity index (χ3n) is 3.84. The number of nitrogens with one attached hydrogen (secondary N) is 2. The van der Waals surface area contributed by atoms with Gasteiger partial charge in [-0.25, -0.2) is 8.42 Å². The number of para-hydroxylation sites is 1. The lowest BCUT2D eigenvalue weighted by Gasteiger charge is -2.18. The van der Waals surface area contributed by atoms with Gasteiger partial charge in [0.15, 0.2) is 0 Å². The predicted octanol–water partition coefficient (Wildman–Crippen LogP) is 3.17. The number of sulfonamides is 1. The summed E-state index contributed by atoms with van der Waals surface area (Å²) in [7, 11) is -3.39. The van der Waals surface area contributed by atoms with Gasteiger partial charge in [-0.2, -0.15) is 0 Å². The Morgan fingerprint density at radius 2 is 1.71 bits per heavy atom. The van der Waals surface area contributed by atoms with Crippen molar-refractivity contribution in [3.8, 4) is 0 Å². The first-order chi connectivity index (χ1) is 11.2. The van der Waals surface area contributed by atoms with Crippen LogP contribution in [0.4, 0.5) is 5.69 Å². The second-order valence-electron chi connectivity index (χ2n) is 5.96. The van der Waals surface area contributed by atoms with Crippen molar-refractivity contribution in [2.75, 3.05) is 11.0 Å². The molecule has 0 heterocycles. The molecule has 1 unspecified atom stereocenters. The van der Waals surface area contributed by atoms with Crippen LogP contribution < -0.4 is 10.0 Å². The Balaban J connectivity index is 2.22. The van der Waals surface area contributed by atoms with E-state index in [0.717, 1.165) is 17.4 Å². The van der Waals surface area contributed by atoms with Crippen LogP contribution in [0.25, 0.3) is 0 Å². The summed E-state index contributed by atoms with van der Waals surface area (Å²) in [5.74, 6) is -0.195. The molecule has 1 atom stereocenters. The largest absolute Gasteiger partial charge is 0.345 e. The molecule has 0 bridgehead atoms. The van der Waals surface area contributed by atoms with E-state index in [4.69, 9.17) is 0 Å². The number of carbonyl (C=O) groups excluding carboxylic acids is 1. The van der Waals surface area contributed by atoms with Gasteiger partial charge in [0.1, 0.15) is 0 Å². The minimum atomic E-state index is -3.39. The van der Waals surface area contributed by atoms with Crippen LogP contribution >= 0.6 is 0 Å². The van der Waals surface area contributed by atoms with Crippen LogP contribution in [0.5, 0.6) is 0 Å². The van der Waals surface area contributed by atoms with Gasteiger partial charge in [0.25, 0.3) is 5.91 Å². The van der Waals surface area contributed by atoms with Crippen LogP contribution in [0.3, 0.4) is 0 Å². The van der Waals surface area contributed by atoms with Gasteiger partial charge in [-0.3, -0.25) is 9.52 Å². The summed E-state index contributed by atoms with van der Waals surface area (Å²) in [4.78, 5) is 12.4. The maximum absolute atomic E-state index is 12.4. The van der Waals surface area contributed by atoms with Gasteiger partial charge in [0.05, 0.1) is 18.0 Å². The van der Waals surface area contributed by atoms with Crippen LogP contribution in [-0.2, 0) is 10.0 Å². The zero-order valence-corrected chi connectivity index (χ0v) is 15.1. The summed E-state index contributed by atoms with van der Waals surface area (Å²) >= 11 is 0. The molecule has 0 aliphatic carbocycles. The SMILES string of the molecule is Cc1ccc(C(=O)NC(C)c2ccccc2NS(C)(=O)=O)cc1C. The molecule has 0 spiro atoms. The molecule has 0 aliphatic heterocycles. The van der Waals surface area contributed by atoms with Crippen molar-refractivity contribution in [1.29, 1.82) is 0 Å². The Morgan fingerprint density at radius 1 is 1.04 bits per heavy atom. The van der Waals surface area contributed by atoms with E-state index in [1.807, 2.05) is 39.0 Å². The average Bonchev–Trinajstić information content (AvgIpc) is 2.48. The smallest absolute Gasteiger partial charge is 0.251 e. The van der Waals surface area contributed by atoms with Crippen LogP contribution in [0, 0.1) is 13.8 Å². The van der Waals surface area contributed by atoms with Crippen LogP contribution in [-0.4, -0.2) is 20.6 Å². The van der Waals surface area contributed by atoms with E-state index in [1.165, 1.54) is 0 Å². The summed E-state index contributed by atoms with van der Waals surface area (Å²) in [6, 6.07) is 12.2. The predicted molar refractivity (Wildman–Crippen MR) is 96.7 cm³/mol. The van der Waals surface area contributed by atoms with Crippen LogP contribution in [0.15, 0.2) is 42.5 Å². The molecular weight excluding hydrogens is 324 g/mol. The molecule has 0 aromatic heterocycles. The Hall–Kier alpha value is -2.34. The van der Waals surface area contributed by atoms with Crippen molar-refractivity contribution in [2.45, 2.75) is 26.8 Å². The molecule has 0 fully saturated rings. The molecule has 1 amide bonds. The molecule has 128 valence electrons.